The number of carbonyl (C=O) groups excluding carboxylic acids is 3. The third-order valence-corrected chi connectivity index (χ3v) is 10.5. The highest BCUT2D eigenvalue weighted by atomic mass is 35.5. The van der Waals surface area contributed by atoms with Gasteiger partial charge < -0.3 is 25.3 Å². The molecule has 4 heterocycles. The summed E-state index contributed by atoms with van der Waals surface area (Å²) in [5.41, 5.74) is 1.16. The maximum absolute atomic E-state index is 13.8. The van der Waals surface area contributed by atoms with Gasteiger partial charge in [-0.15, -0.1) is 11.3 Å². The first kappa shape index (κ1) is 30.9. The van der Waals surface area contributed by atoms with E-state index in [0.29, 0.717) is 28.2 Å². The minimum absolute atomic E-state index is 0.000517. The molecule has 13 nitrogen and oxygen atoms in total. The maximum atomic E-state index is 13.8. The van der Waals surface area contributed by atoms with Crippen LogP contribution in [0.5, 0.6) is 0 Å². The highest BCUT2D eigenvalue weighted by Crippen LogP contribution is 2.33. The molecule has 1 saturated heterocycles. The van der Waals surface area contributed by atoms with Crippen molar-refractivity contribution in [2.45, 2.75) is 49.8 Å². The number of hydrogen-bond acceptors (Lipinski definition) is 10. The Bertz CT molecular complexity index is 1720. The van der Waals surface area contributed by atoms with Crippen LogP contribution in [0, 0.1) is 11.3 Å². The summed E-state index contributed by atoms with van der Waals surface area (Å²) in [4.78, 5) is 48.1. The van der Waals surface area contributed by atoms with Gasteiger partial charge in [-0.2, -0.15) is 9.57 Å². The molecule has 0 radical (unpaired) electrons. The Morgan fingerprint density at radius 1 is 1.28 bits per heavy atom. The SMILES string of the molecule is CCOC(=O)CNC(=O)CC1CN(S(=O)(=O)c2cc3cc(Cl)ccc3[nH]2)CCN1C(=O)c1nc2c(s1)CNC(C)C2C#N. The van der Waals surface area contributed by atoms with Gasteiger partial charge in [-0.05, 0) is 38.1 Å². The van der Waals surface area contributed by atoms with Crippen LogP contribution in [-0.4, -0.2) is 90.2 Å². The Labute approximate surface area is 257 Å². The zero-order valence-corrected chi connectivity index (χ0v) is 25.8. The molecule has 3 N–H and O–H groups in total. The topological polar surface area (TPSA) is 178 Å². The number of nitrogens with one attached hydrogen (secondary N) is 3. The molecule has 3 atom stereocenters. The van der Waals surface area contributed by atoms with Crippen LogP contribution in [0.2, 0.25) is 5.02 Å². The van der Waals surface area contributed by atoms with Crippen molar-refractivity contribution in [1.29, 1.82) is 5.26 Å². The number of amides is 2. The minimum atomic E-state index is -4.04. The summed E-state index contributed by atoms with van der Waals surface area (Å²) in [6, 6.07) is 7.74. The number of fused-ring (bicyclic) bond motifs is 2. The molecule has 1 aromatic carbocycles. The smallest absolute Gasteiger partial charge is 0.325 e. The molecular weight excluding hydrogens is 618 g/mol. The van der Waals surface area contributed by atoms with Gasteiger partial charge in [-0.3, -0.25) is 14.4 Å². The molecule has 0 spiro atoms. The van der Waals surface area contributed by atoms with E-state index >= 15 is 0 Å². The van der Waals surface area contributed by atoms with E-state index in [1.807, 2.05) is 6.92 Å². The van der Waals surface area contributed by atoms with Gasteiger partial charge in [0.25, 0.3) is 15.9 Å². The number of aromatic nitrogens is 2. The van der Waals surface area contributed by atoms with E-state index in [1.165, 1.54) is 26.6 Å². The lowest BCUT2D eigenvalue weighted by Crippen LogP contribution is -2.57. The lowest BCUT2D eigenvalue weighted by Gasteiger charge is -2.40. The Kier molecular flexibility index (Phi) is 9.04. The number of rotatable bonds is 8. The summed E-state index contributed by atoms with van der Waals surface area (Å²) in [7, 11) is -4.04. The van der Waals surface area contributed by atoms with Crippen molar-refractivity contribution in [1.82, 2.24) is 29.8 Å². The second-order valence-corrected chi connectivity index (χ2v) is 13.7. The lowest BCUT2D eigenvalue weighted by molar-refractivity contribution is -0.143. The van der Waals surface area contributed by atoms with Gasteiger partial charge in [0.1, 0.15) is 17.5 Å². The summed E-state index contributed by atoms with van der Waals surface area (Å²) >= 11 is 7.25. The zero-order valence-electron chi connectivity index (χ0n) is 23.4. The van der Waals surface area contributed by atoms with Gasteiger partial charge in [0, 0.05) is 59.4 Å². The Hall–Kier alpha value is -3.55. The first-order valence-electron chi connectivity index (χ1n) is 13.7. The number of nitriles is 1. The third kappa shape index (κ3) is 6.38. The third-order valence-electron chi connectivity index (χ3n) is 7.47. The summed E-state index contributed by atoms with van der Waals surface area (Å²) in [5, 5.41) is 16.6. The van der Waals surface area contributed by atoms with E-state index in [4.69, 9.17) is 16.3 Å². The monoisotopic (exact) mass is 647 g/mol. The van der Waals surface area contributed by atoms with E-state index in [-0.39, 0.29) is 55.3 Å². The van der Waals surface area contributed by atoms with Crippen molar-refractivity contribution < 1.29 is 27.5 Å². The first-order valence-corrected chi connectivity index (χ1v) is 16.3. The molecule has 0 bridgehead atoms. The fraction of sp³-hybridized carbons (Fsp3) is 0.444. The van der Waals surface area contributed by atoms with Crippen LogP contribution >= 0.6 is 22.9 Å². The van der Waals surface area contributed by atoms with Gasteiger partial charge in [0.15, 0.2) is 5.01 Å². The molecule has 16 heteroatoms. The van der Waals surface area contributed by atoms with Crippen molar-refractivity contribution in [3.8, 4) is 6.07 Å². The number of aromatic amines is 1. The summed E-state index contributed by atoms with van der Waals surface area (Å²) < 4.78 is 33.5. The van der Waals surface area contributed by atoms with E-state index in [9.17, 15) is 28.1 Å². The second kappa shape index (κ2) is 12.6. The van der Waals surface area contributed by atoms with E-state index < -0.39 is 39.8 Å². The van der Waals surface area contributed by atoms with Crippen LogP contribution in [0.3, 0.4) is 0 Å². The number of benzene rings is 1. The van der Waals surface area contributed by atoms with E-state index in [2.05, 4.69) is 26.7 Å². The quantitative estimate of drug-likeness (QED) is 0.308. The van der Waals surface area contributed by atoms with Gasteiger partial charge in [0.2, 0.25) is 5.91 Å². The van der Waals surface area contributed by atoms with Crippen molar-refractivity contribution >= 4 is 61.6 Å². The average molecular weight is 648 g/mol. The van der Waals surface area contributed by atoms with E-state index in [1.54, 1.807) is 25.1 Å². The number of carbonyl (C=O) groups is 3. The number of thiazole rings is 1. The Morgan fingerprint density at radius 3 is 2.81 bits per heavy atom. The molecule has 1 fully saturated rings. The number of ether oxygens (including phenoxy) is 1. The van der Waals surface area contributed by atoms with Crippen LogP contribution in [0.1, 0.15) is 46.6 Å². The number of H-pyrrole nitrogens is 1. The summed E-state index contributed by atoms with van der Waals surface area (Å²) in [6.45, 7) is 3.62. The van der Waals surface area contributed by atoms with Crippen LogP contribution in [0.4, 0.5) is 0 Å². The van der Waals surface area contributed by atoms with E-state index in [0.717, 1.165) is 4.88 Å². The van der Waals surface area contributed by atoms with Gasteiger partial charge >= 0.3 is 5.97 Å². The molecule has 228 valence electrons. The fourth-order valence-electron chi connectivity index (χ4n) is 5.24. The minimum Gasteiger partial charge on any atom is -0.465 e. The normalized spacial score (nSPS) is 20.8. The van der Waals surface area contributed by atoms with Crippen molar-refractivity contribution in [2.24, 2.45) is 0 Å². The highest BCUT2D eigenvalue weighted by molar-refractivity contribution is 7.89. The maximum Gasteiger partial charge on any atom is 0.325 e. The van der Waals surface area contributed by atoms with Crippen LogP contribution in [0.25, 0.3) is 10.9 Å². The predicted octanol–water partition coefficient (Wildman–Crippen LogP) is 1.96. The van der Waals surface area contributed by atoms with Crippen LogP contribution in [0.15, 0.2) is 29.3 Å². The molecule has 2 aliphatic rings. The van der Waals surface area contributed by atoms with Gasteiger partial charge in [-0.25, -0.2) is 13.4 Å². The number of sulfonamides is 1. The highest BCUT2D eigenvalue weighted by Gasteiger charge is 2.40. The number of esters is 1. The number of nitrogens with zero attached hydrogens (tertiary/aromatic N) is 4. The first-order chi connectivity index (χ1) is 20.5. The van der Waals surface area contributed by atoms with Gasteiger partial charge in [-0.1, -0.05) is 11.6 Å². The molecule has 0 saturated carbocycles. The molecule has 0 aliphatic carbocycles. The Morgan fingerprint density at radius 2 is 2.07 bits per heavy atom. The Balaban J connectivity index is 1.40. The van der Waals surface area contributed by atoms with Gasteiger partial charge in [0.05, 0.1) is 24.4 Å². The standard InChI is InChI=1S/C27H30ClN7O6S2/c1-3-41-24(37)13-31-22(36)10-18-14-34(43(39,40)23-9-16-8-17(28)4-5-20(16)32-23)6-7-35(18)27(38)26-33-25-19(11-29)15(2)30-12-21(25)42-26/h4-5,8-9,15,18-19,30,32H,3,6-7,10,12-14H2,1-2H3,(H,31,36). The van der Waals surface area contributed by atoms with Crippen LogP contribution in [-0.2, 0) is 30.9 Å². The second-order valence-electron chi connectivity index (χ2n) is 10.3. The molecule has 2 aliphatic heterocycles. The number of halogens is 1. The lowest BCUT2D eigenvalue weighted by atomic mass is 9.95. The van der Waals surface area contributed by atoms with Crippen LogP contribution < -0.4 is 10.6 Å². The van der Waals surface area contributed by atoms with Crippen molar-refractivity contribution in [3.05, 3.63) is 44.9 Å². The molecule has 2 amide bonds. The zero-order chi connectivity index (χ0) is 30.9. The summed E-state index contributed by atoms with van der Waals surface area (Å²) in [5.74, 6) is -2.13. The predicted molar refractivity (Wildman–Crippen MR) is 158 cm³/mol. The number of piperazine rings is 1. The summed E-state index contributed by atoms with van der Waals surface area (Å²) in [6.07, 6.45) is -0.260. The largest absolute Gasteiger partial charge is 0.465 e. The molecule has 3 aromatic rings. The molecule has 5 rings (SSSR count). The van der Waals surface area contributed by atoms with Crippen molar-refractivity contribution in [3.63, 3.8) is 0 Å². The molecule has 2 aromatic heterocycles. The fourth-order valence-corrected chi connectivity index (χ4v) is 7.92. The van der Waals surface area contributed by atoms with Crippen molar-refractivity contribution in [2.75, 3.05) is 32.8 Å². The molecule has 3 unspecified atom stereocenters. The number of hydrogen-bond donors (Lipinski definition) is 3. The molecule has 43 heavy (non-hydrogen) atoms. The molecular formula is C27H30ClN7O6S2. The average Bonchev–Trinajstić information content (AvgIpc) is 3.61.